The highest BCUT2D eigenvalue weighted by Crippen LogP contribution is 2.19. The molecule has 0 radical (unpaired) electrons. The van der Waals surface area contributed by atoms with Crippen molar-refractivity contribution >= 4 is 11.7 Å². The topological polar surface area (TPSA) is 46.6 Å². The Morgan fingerprint density at radius 3 is 2.44 bits per heavy atom. The third-order valence-corrected chi connectivity index (χ3v) is 3.19. The van der Waals surface area contributed by atoms with Crippen LogP contribution in [0.25, 0.3) is 0 Å². The van der Waals surface area contributed by atoms with Crippen molar-refractivity contribution in [2.45, 2.75) is 19.3 Å². The van der Waals surface area contributed by atoms with Crippen molar-refractivity contribution in [3.63, 3.8) is 0 Å². The minimum atomic E-state index is -0.477. The Hall–Kier alpha value is -1.84. The molecule has 1 aromatic carbocycles. The Morgan fingerprint density at radius 1 is 1.11 bits per heavy atom. The number of piperidine rings is 1. The van der Waals surface area contributed by atoms with Crippen molar-refractivity contribution in [2.75, 3.05) is 20.2 Å². The highest BCUT2D eigenvalue weighted by atomic mass is 16.5. The number of ether oxygens (including phenoxy) is 1. The van der Waals surface area contributed by atoms with Crippen LogP contribution in [0.2, 0.25) is 0 Å². The second-order valence-electron chi connectivity index (χ2n) is 4.38. The van der Waals surface area contributed by atoms with Gasteiger partial charge in [0, 0.05) is 13.1 Å². The summed E-state index contributed by atoms with van der Waals surface area (Å²) >= 11 is 0. The van der Waals surface area contributed by atoms with Gasteiger partial charge >= 0.3 is 0 Å². The number of likely N-dealkylation sites (tertiary alicyclic amines) is 1. The van der Waals surface area contributed by atoms with Crippen molar-refractivity contribution in [2.24, 2.45) is 0 Å². The first-order valence-corrected chi connectivity index (χ1v) is 6.20. The molecule has 0 unspecified atom stereocenters. The second-order valence-corrected chi connectivity index (χ2v) is 4.38. The Kier molecular flexibility index (Phi) is 3.97. The van der Waals surface area contributed by atoms with E-state index < -0.39 is 11.7 Å². The van der Waals surface area contributed by atoms with Gasteiger partial charge < -0.3 is 9.64 Å². The summed E-state index contributed by atoms with van der Waals surface area (Å²) < 4.78 is 5.11. The van der Waals surface area contributed by atoms with Gasteiger partial charge in [-0.3, -0.25) is 9.59 Å². The van der Waals surface area contributed by atoms with E-state index in [4.69, 9.17) is 4.74 Å². The van der Waals surface area contributed by atoms with E-state index in [1.165, 1.54) is 7.11 Å². The number of hydrogen-bond acceptors (Lipinski definition) is 3. The van der Waals surface area contributed by atoms with Gasteiger partial charge in [0.2, 0.25) is 0 Å². The molecule has 0 aliphatic carbocycles. The maximum atomic E-state index is 12.2. The van der Waals surface area contributed by atoms with Crippen molar-refractivity contribution in [3.8, 4) is 5.75 Å². The highest BCUT2D eigenvalue weighted by Gasteiger charge is 2.26. The SMILES string of the molecule is COc1ccccc1C(=O)C(=O)N1CCCCC1. The smallest absolute Gasteiger partial charge is 0.295 e. The average Bonchev–Trinajstić information content (AvgIpc) is 2.46. The second kappa shape index (κ2) is 5.67. The fourth-order valence-corrected chi connectivity index (χ4v) is 2.19. The van der Waals surface area contributed by atoms with Crippen molar-refractivity contribution < 1.29 is 14.3 Å². The number of carbonyl (C=O) groups is 2. The minimum absolute atomic E-state index is 0.343. The van der Waals surface area contributed by atoms with E-state index in [1.54, 1.807) is 29.2 Å². The number of Topliss-reactive ketones (excluding diaryl/α,β-unsaturated/α-hetero) is 1. The van der Waals surface area contributed by atoms with Gasteiger partial charge in [-0.15, -0.1) is 0 Å². The quantitative estimate of drug-likeness (QED) is 0.605. The van der Waals surface area contributed by atoms with Crippen LogP contribution >= 0.6 is 0 Å². The molecule has 96 valence electrons. The highest BCUT2D eigenvalue weighted by molar-refractivity contribution is 6.43. The number of rotatable bonds is 3. The zero-order valence-electron chi connectivity index (χ0n) is 10.5. The van der Waals surface area contributed by atoms with Crippen LogP contribution in [0.1, 0.15) is 29.6 Å². The summed E-state index contributed by atoms with van der Waals surface area (Å²) in [5.41, 5.74) is 0.343. The molecule has 0 spiro atoms. The van der Waals surface area contributed by atoms with E-state index in [9.17, 15) is 9.59 Å². The molecule has 1 fully saturated rings. The largest absolute Gasteiger partial charge is 0.496 e. The van der Waals surface area contributed by atoms with E-state index in [2.05, 4.69) is 0 Å². The third-order valence-electron chi connectivity index (χ3n) is 3.19. The predicted molar refractivity (Wildman–Crippen MR) is 67.8 cm³/mol. The van der Waals surface area contributed by atoms with E-state index in [0.717, 1.165) is 19.3 Å². The number of ketones is 1. The van der Waals surface area contributed by atoms with Gasteiger partial charge in [0.05, 0.1) is 12.7 Å². The molecular formula is C14H17NO3. The molecule has 1 aromatic rings. The summed E-state index contributed by atoms with van der Waals surface area (Å²) in [5.74, 6) is -0.443. The summed E-state index contributed by atoms with van der Waals surface area (Å²) in [7, 11) is 1.50. The monoisotopic (exact) mass is 247 g/mol. The van der Waals surface area contributed by atoms with Crippen LogP contribution in [-0.4, -0.2) is 36.8 Å². The molecular weight excluding hydrogens is 230 g/mol. The molecule has 4 nitrogen and oxygen atoms in total. The van der Waals surface area contributed by atoms with Crippen LogP contribution in [0.3, 0.4) is 0 Å². The Balaban J connectivity index is 2.17. The van der Waals surface area contributed by atoms with Crippen molar-refractivity contribution in [1.29, 1.82) is 0 Å². The van der Waals surface area contributed by atoms with Gasteiger partial charge in [0.15, 0.2) is 0 Å². The lowest BCUT2D eigenvalue weighted by atomic mass is 10.1. The molecule has 4 heteroatoms. The number of para-hydroxylation sites is 1. The van der Waals surface area contributed by atoms with E-state index >= 15 is 0 Å². The molecule has 0 saturated carbocycles. The van der Waals surface area contributed by atoms with Crippen molar-refractivity contribution in [3.05, 3.63) is 29.8 Å². The Morgan fingerprint density at radius 2 is 1.78 bits per heavy atom. The fourth-order valence-electron chi connectivity index (χ4n) is 2.19. The van der Waals surface area contributed by atoms with Gasteiger partial charge in [-0.2, -0.15) is 0 Å². The number of methoxy groups -OCH3 is 1. The number of benzene rings is 1. The van der Waals surface area contributed by atoms with Crippen molar-refractivity contribution in [1.82, 2.24) is 4.90 Å². The molecule has 0 atom stereocenters. The van der Waals surface area contributed by atoms with Gasteiger partial charge in [-0.1, -0.05) is 12.1 Å². The molecule has 0 aromatic heterocycles. The molecule has 1 saturated heterocycles. The first-order chi connectivity index (χ1) is 8.74. The maximum absolute atomic E-state index is 12.2. The molecule has 2 rings (SSSR count). The van der Waals surface area contributed by atoms with Crippen LogP contribution in [0.15, 0.2) is 24.3 Å². The van der Waals surface area contributed by atoms with E-state index in [1.807, 2.05) is 0 Å². The number of hydrogen-bond donors (Lipinski definition) is 0. The van der Waals surface area contributed by atoms with Crippen LogP contribution in [0.5, 0.6) is 5.75 Å². The zero-order chi connectivity index (χ0) is 13.0. The first kappa shape index (κ1) is 12.6. The van der Waals surface area contributed by atoms with Gasteiger partial charge in [-0.05, 0) is 31.4 Å². The molecule has 0 N–H and O–H groups in total. The molecule has 1 amide bonds. The molecule has 18 heavy (non-hydrogen) atoms. The molecule has 1 aliphatic rings. The summed E-state index contributed by atoms with van der Waals surface area (Å²) in [5, 5.41) is 0. The first-order valence-electron chi connectivity index (χ1n) is 6.20. The predicted octanol–water partition coefficient (Wildman–Crippen LogP) is 1.89. The van der Waals surface area contributed by atoms with Crippen LogP contribution in [0, 0.1) is 0 Å². The Bertz CT molecular complexity index is 450. The standard InChI is InChI=1S/C14H17NO3/c1-18-12-8-4-3-7-11(12)13(16)14(17)15-9-5-2-6-10-15/h3-4,7-8H,2,5-6,9-10H2,1H3. The van der Waals surface area contributed by atoms with E-state index in [0.29, 0.717) is 24.4 Å². The fraction of sp³-hybridized carbons (Fsp3) is 0.429. The van der Waals surface area contributed by atoms with E-state index in [-0.39, 0.29) is 0 Å². The number of carbonyl (C=O) groups excluding carboxylic acids is 2. The van der Waals surface area contributed by atoms with Crippen LogP contribution < -0.4 is 4.74 Å². The van der Waals surface area contributed by atoms with Gasteiger partial charge in [-0.25, -0.2) is 0 Å². The lowest BCUT2D eigenvalue weighted by Gasteiger charge is -2.26. The lowest BCUT2D eigenvalue weighted by molar-refractivity contribution is -0.127. The van der Waals surface area contributed by atoms with Gasteiger partial charge in [0.1, 0.15) is 5.75 Å². The average molecular weight is 247 g/mol. The number of nitrogens with zero attached hydrogens (tertiary/aromatic N) is 1. The number of amides is 1. The summed E-state index contributed by atoms with van der Waals surface area (Å²) in [6.07, 6.45) is 3.09. The molecule has 1 aliphatic heterocycles. The summed E-state index contributed by atoms with van der Waals surface area (Å²) in [6.45, 7) is 1.36. The molecule has 0 bridgehead atoms. The third kappa shape index (κ3) is 2.53. The van der Waals surface area contributed by atoms with Crippen LogP contribution in [-0.2, 0) is 4.79 Å². The maximum Gasteiger partial charge on any atom is 0.295 e. The summed E-state index contributed by atoms with van der Waals surface area (Å²) in [6, 6.07) is 6.83. The zero-order valence-corrected chi connectivity index (χ0v) is 10.5. The summed E-state index contributed by atoms with van der Waals surface area (Å²) in [4.78, 5) is 25.9. The Labute approximate surface area is 107 Å². The normalized spacial score (nSPS) is 15.3. The molecule has 1 heterocycles. The minimum Gasteiger partial charge on any atom is -0.496 e. The van der Waals surface area contributed by atoms with Crippen LogP contribution in [0.4, 0.5) is 0 Å². The van der Waals surface area contributed by atoms with Gasteiger partial charge in [0.25, 0.3) is 11.7 Å². The lowest BCUT2D eigenvalue weighted by Crippen LogP contribution is -2.40.